The molecule has 1 unspecified atom stereocenters. The summed E-state index contributed by atoms with van der Waals surface area (Å²) >= 11 is 3.40. The molecule has 0 saturated carbocycles. The third kappa shape index (κ3) is 5.16. The van der Waals surface area contributed by atoms with Crippen LogP contribution >= 0.6 is 15.9 Å². The minimum Gasteiger partial charge on any atom is -0.468 e. The van der Waals surface area contributed by atoms with Crippen molar-refractivity contribution < 1.29 is 17.9 Å². The molecule has 0 bridgehead atoms. The van der Waals surface area contributed by atoms with E-state index in [2.05, 4.69) is 26.2 Å². The van der Waals surface area contributed by atoms with Crippen molar-refractivity contribution in [2.45, 2.75) is 32.4 Å². The van der Waals surface area contributed by atoms with Gasteiger partial charge in [0, 0.05) is 16.6 Å². The Morgan fingerprint density at radius 3 is 2.42 bits per heavy atom. The van der Waals surface area contributed by atoms with Gasteiger partial charge in [-0.3, -0.25) is 0 Å². The van der Waals surface area contributed by atoms with Crippen molar-refractivity contribution in [2.75, 3.05) is 6.54 Å². The molecule has 1 saturated heterocycles. The predicted molar refractivity (Wildman–Crippen MR) is 114 cm³/mol. The molecule has 2 aromatic carbocycles. The molecule has 1 fully saturated rings. The molecule has 2 heterocycles. The van der Waals surface area contributed by atoms with Gasteiger partial charge in [0.25, 0.3) is 0 Å². The minimum atomic E-state index is -4.50. The second kappa shape index (κ2) is 8.84. The fourth-order valence-corrected chi connectivity index (χ4v) is 3.68. The molecule has 9 heteroatoms. The first-order chi connectivity index (χ1) is 14.8. The molecule has 1 atom stereocenters. The number of benzene rings is 2. The van der Waals surface area contributed by atoms with Crippen LogP contribution in [0.1, 0.15) is 23.7 Å². The Balaban J connectivity index is 1.54. The highest BCUT2D eigenvalue weighted by Crippen LogP contribution is 2.36. The zero-order valence-corrected chi connectivity index (χ0v) is 18.3. The van der Waals surface area contributed by atoms with E-state index in [4.69, 9.17) is 4.74 Å². The lowest BCUT2D eigenvalue weighted by Crippen LogP contribution is -2.41. The van der Waals surface area contributed by atoms with Crippen molar-refractivity contribution in [3.05, 3.63) is 87.8 Å². The van der Waals surface area contributed by atoms with Gasteiger partial charge < -0.3 is 4.74 Å². The van der Waals surface area contributed by atoms with Gasteiger partial charge in [0.1, 0.15) is 11.5 Å². The highest BCUT2D eigenvalue weighted by Gasteiger charge is 2.50. The molecular formula is C22H20BrF3N4O. The first kappa shape index (κ1) is 21.6. The van der Waals surface area contributed by atoms with E-state index in [1.54, 1.807) is 42.1 Å². The summed E-state index contributed by atoms with van der Waals surface area (Å²) in [6.07, 6.45) is -4.78. The van der Waals surface area contributed by atoms with Gasteiger partial charge in [0.05, 0.1) is 19.3 Å². The van der Waals surface area contributed by atoms with Crippen molar-refractivity contribution in [1.29, 1.82) is 0 Å². The van der Waals surface area contributed by atoms with Crippen molar-refractivity contribution in [2.24, 2.45) is 0 Å². The molecule has 3 aromatic rings. The van der Waals surface area contributed by atoms with Crippen LogP contribution in [0.2, 0.25) is 0 Å². The van der Waals surface area contributed by atoms with Gasteiger partial charge in [-0.1, -0.05) is 63.6 Å². The molecule has 4 rings (SSSR count). The van der Waals surface area contributed by atoms with Crippen LogP contribution in [0.4, 0.5) is 13.2 Å². The van der Waals surface area contributed by atoms with Crippen LogP contribution in [-0.4, -0.2) is 38.8 Å². The summed E-state index contributed by atoms with van der Waals surface area (Å²) in [5.74, 6) is 0.258. The molecule has 0 aliphatic carbocycles. The molecule has 1 aromatic heterocycles. The van der Waals surface area contributed by atoms with Gasteiger partial charge in [-0.15, -0.1) is 5.10 Å². The van der Waals surface area contributed by atoms with Crippen LogP contribution in [-0.2, 0) is 17.8 Å². The molecule has 0 radical (unpaired) electrons. The number of aromatic nitrogens is 3. The summed E-state index contributed by atoms with van der Waals surface area (Å²) in [7, 11) is 0. The number of allylic oxidation sites excluding steroid dienone is 1. The summed E-state index contributed by atoms with van der Waals surface area (Å²) in [5.41, 5.74) is 2.87. The molecule has 1 aliphatic heterocycles. The number of hydrogen-bond acceptors (Lipinski definition) is 4. The number of hydrogen-bond donors (Lipinski definition) is 0. The van der Waals surface area contributed by atoms with Gasteiger partial charge in [0.15, 0.2) is 0 Å². The molecule has 31 heavy (non-hydrogen) atoms. The Hall–Kier alpha value is -2.65. The Morgan fingerprint density at radius 2 is 1.74 bits per heavy atom. The maximum absolute atomic E-state index is 13.6. The molecule has 0 amide bonds. The van der Waals surface area contributed by atoms with Crippen molar-refractivity contribution in [3.63, 3.8) is 0 Å². The van der Waals surface area contributed by atoms with Gasteiger partial charge in [0.2, 0.25) is 6.23 Å². The van der Waals surface area contributed by atoms with Crippen LogP contribution in [0, 0.1) is 0 Å². The van der Waals surface area contributed by atoms with Crippen LogP contribution in [0.25, 0.3) is 5.57 Å². The normalized spacial score (nSPS) is 18.8. The lowest BCUT2D eigenvalue weighted by Gasteiger charge is -2.23. The van der Waals surface area contributed by atoms with Gasteiger partial charge in [-0.05, 0) is 30.2 Å². The number of alkyl halides is 3. The Labute approximate surface area is 186 Å². The lowest BCUT2D eigenvalue weighted by atomic mass is 10.2. The smallest absolute Gasteiger partial charge is 0.439 e. The molecule has 5 nitrogen and oxygen atoms in total. The monoisotopic (exact) mass is 492 g/mol. The topological polar surface area (TPSA) is 43.2 Å². The SMILES string of the molecule is C/C(=C1/CN(Cc2ccccc2)C(C(F)(F)F)O1)c1cn(Cc2ccc(Br)cc2)nn1. The Morgan fingerprint density at radius 1 is 1.06 bits per heavy atom. The Bertz CT molecular complexity index is 1060. The Kier molecular flexibility index (Phi) is 6.15. The molecule has 1 aliphatic rings. The maximum Gasteiger partial charge on any atom is 0.439 e. The second-order valence-corrected chi connectivity index (χ2v) is 8.29. The van der Waals surface area contributed by atoms with Gasteiger partial charge in [-0.2, -0.15) is 13.2 Å². The number of nitrogens with zero attached hydrogens (tertiary/aromatic N) is 4. The average Bonchev–Trinajstić information content (AvgIpc) is 3.37. The number of halogens is 4. The van der Waals surface area contributed by atoms with Crippen molar-refractivity contribution >= 4 is 21.5 Å². The summed E-state index contributed by atoms with van der Waals surface area (Å²) < 4.78 is 48.8. The highest BCUT2D eigenvalue weighted by molar-refractivity contribution is 9.10. The van der Waals surface area contributed by atoms with Crippen LogP contribution in [0.3, 0.4) is 0 Å². The van der Waals surface area contributed by atoms with E-state index in [1.165, 1.54) is 4.90 Å². The second-order valence-electron chi connectivity index (χ2n) is 7.38. The predicted octanol–water partition coefficient (Wildman–Crippen LogP) is 5.24. The third-order valence-corrected chi connectivity index (χ3v) is 5.57. The van der Waals surface area contributed by atoms with E-state index >= 15 is 0 Å². The standard InChI is InChI=1S/C22H20BrF3N4O/c1-15(19-13-30(28-27-19)12-17-7-9-18(23)10-8-17)20-14-29(21(31-20)22(24,25)26)11-16-5-3-2-4-6-16/h2-10,13,21H,11-12,14H2,1H3/b20-15+. The highest BCUT2D eigenvalue weighted by atomic mass is 79.9. The van der Waals surface area contributed by atoms with E-state index in [-0.39, 0.29) is 18.8 Å². The fourth-order valence-electron chi connectivity index (χ4n) is 3.42. The first-order valence-corrected chi connectivity index (χ1v) is 10.4. The van der Waals surface area contributed by atoms with Gasteiger partial charge >= 0.3 is 6.18 Å². The van der Waals surface area contributed by atoms with Crippen molar-refractivity contribution in [1.82, 2.24) is 19.9 Å². The van der Waals surface area contributed by atoms with E-state index in [1.807, 2.05) is 30.3 Å². The van der Waals surface area contributed by atoms with E-state index in [0.29, 0.717) is 17.8 Å². The van der Waals surface area contributed by atoms with E-state index in [9.17, 15) is 13.2 Å². The summed E-state index contributed by atoms with van der Waals surface area (Å²) in [4.78, 5) is 1.28. The minimum absolute atomic E-state index is 0.0461. The first-order valence-electron chi connectivity index (χ1n) is 9.65. The largest absolute Gasteiger partial charge is 0.468 e. The molecule has 162 valence electrons. The quantitative estimate of drug-likeness (QED) is 0.488. The summed E-state index contributed by atoms with van der Waals surface area (Å²) in [5, 5.41) is 8.25. The zero-order chi connectivity index (χ0) is 22.0. The maximum atomic E-state index is 13.6. The van der Waals surface area contributed by atoms with Crippen LogP contribution < -0.4 is 0 Å². The lowest BCUT2D eigenvalue weighted by molar-refractivity contribution is -0.236. The molecule has 0 spiro atoms. The molecular weight excluding hydrogens is 473 g/mol. The zero-order valence-electron chi connectivity index (χ0n) is 16.7. The van der Waals surface area contributed by atoms with Gasteiger partial charge in [-0.25, -0.2) is 9.58 Å². The van der Waals surface area contributed by atoms with E-state index in [0.717, 1.165) is 15.6 Å². The van der Waals surface area contributed by atoms with Crippen LogP contribution in [0.5, 0.6) is 0 Å². The fraction of sp³-hybridized carbons (Fsp3) is 0.273. The van der Waals surface area contributed by atoms with Crippen molar-refractivity contribution in [3.8, 4) is 0 Å². The average molecular weight is 493 g/mol. The van der Waals surface area contributed by atoms with E-state index < -0.39 is 12.4 Å². The number of ether oxygens (including phenoxy) is 1. The van der Waals surface area contributed by atoms with Crippen LogP contribution in [0.15, 0.2) is 71.0 Å². The third-order valence-electron chi connectivity index (χ3n) is 5.04. The summed E-state index contributed by atoms with van der Waals surface area (Å²) in [6, 6.07) is 16.8. The summed E-state index contributed by atoms with van der Waals surface area (Å²) in [6.45, 7) is 2.40. The molecule has 0 N–H and O–H groups in total. The number of rotatable bonds is 5.